The van der Waals surface area contributed by atoms with Crippen molar-refractivity contribution >= 4 is 12.2 Å². The zero-order valence-electron chi connectivity index (χ0n) is 15.9. The second-order valence-corrected chi connectivity index (χ2v) is 8.21. The zero-order valence-corrected chi connectivity index (χ0v) is 15.9. The fourth-order valence-electron chi connectivity index (χ4n) is 2.91. The summed E-state index contributed by atoms with van der Waals surface area (Å²) in [5.74, 6) is 0. The Bertz CT molecular complexity index is 639. The van der Waals surface area contributed by atoms with Crippen LogP contribution >= 0.6 is 0 Å². The highest BCUT2D eigenvalue weighted by atomic mass is 16.6. The lowest BCUT2D eigenvalue weighted by molar-refractivity contribution is -0.0265. The Morgan fingerprint density at radius 1 is 1.35 bits per heavy atom. The molecule has 3 atom stereocenters. The van der Waals surface area contributed by atoms with Gasteiger partial charge in [-0.3, -0.25) is 0 Å². The number of carbonyl (C=O) groups excluding carboxylic acids is 2. The van der Waals surface area contributed by atoms with Gasteiger partial charge in [-0.15, -0.1) is 0 Å². The van der Waals surface area contributed by atoms with Crippen molar-refractivity contribution in [2.24, 2.45) is 5.41 Å². The van der Waals surface area contributed by atoms with Crippen LogP contribution in [-0.2, 0) is 9.47 Å². The molecule has 0 aromatic heterocycles. The molecule has 1 aromatic rings. The summed E-state index contributed by atoms with van der Waals surface area (Å²) in [6, 6.07) is 7.73. The first-order chi connectivity index (χ1) is 12.0. The van der Waals surface area contributed by atoms with Crippen LogP contribution in [0.3, 0.4) is 0 Å². The first kappa shape index (κ1) is 20.0. The minimum atomic E-state index is -1.08. The average molecular weight is 364 g/mol. The number of aliphatic hydroxyl groups excluding tert-OH is 1. The molecule has 0 spiro atoms. The van der Waals surface area contributed by atoms with Gasteiger partial charge in [-0.2, -0.15) is 0 Å². The van der Waals surface area contributed by atoms with Crippen LogP contribution in [0.4, 0.5) is 9.59 Å². The number of aliphatic hydroxyl groups is 1. The lowest BCUT2D eigenvalue weighted by Gasteiger charge is -2.43. The maximum atomic E-state index is 12.3. The van der Waals surface area contributed by atoms with E-state index in [-0.39, 0.29) is 6.61 Å². The lowest BCUT2D eigenvalue weighted by Crippen LogP contribution is -2.61. The van der Waals surface area contributed by atoms with Gasteiger partial charge in [0.2, 0.25) is 0 Å². The molecule has 0 radical (unpaired) electrons. The van der Waals surface area contributed by atoms with E-state index in [0.29, 0.717) is 5.56 Å². The maximum Gasteiger partial charge on any atom is 0.408 e. The van der Waals surface area contributed by atoms with Gasteiger partial charge in [-0.05, 0) is 26.3 Å². The van der Waals surface area contributed by atoms with Gasteiger partial charge in [0.25, 0.3) is 0 Å². The molecular weight excluding hydrogens is 336 g/mol. The van der Waals surface area contributed by atoms with Crippen molar-refractivity contribution < 1.29 is 24.2 Å². The Kier molecular flexibility index (Phi) is 5.81. The summed E-state index contributed by atoms with van der Waals surface area (Å²) in [6.07, 6.45) is -2.30. The summed E-state index contributed by atoms with van der Waals surface area (Å²) in [5, 5.41) is 16.5. The van der Waals surface area contributed by atoms with Crippen molar-refractivity contribution in [3.8, 4) is 0 Å². The van der Waals surface area contributed by atoms with Crippen molar-refractivity contribution in [2.45, 2.75) is 58.4 Å². The van der Waals surface area contributed by atoms with E-state index >= 15 is 0 Å². The number of benzene rings is 1. The third-order valence-corrected chi connectivity index (χ3v) is 4.20. The molecular formula is C19H28N2O5. The summed E-state index contributed by atoms with van der Waals surface area (Å²) in [4.78, 5) is 24.0. The number of hydrogen-bond acceptors (Lipinski definition) is 5. The normalized spacial score (nSPS) is 21.8. The number of nitrogens with one attached hydrogen (secondary N) is 2. The number of cyclic esters (lactones) is 1. The molecule has 3 N–H and O–H groups in total. The molecule has 1 aliphatic rings. The standard InChI is InChI=1S/C19H28N2O5/c1-18(2,3)26-17(24)20-13(12-9-7-6-8-10-12)14(22)15-19(4,5)11-25-16(23)21-15/h6-10,13-15,22H,11H2,1-5H3,(H,20,24)(H,21,23)/t13-,14+,15+/m0/s1. The average Bonchev–Trinajstić information content (AvgIpc) is 2.53. The highest BCUT2D eigenvalue weighted by Gasteiger charge is 2.44. The molecule has 0 aliphatic carbocycles. The van der Waals surface area contributed by atoms with Gasteiger partial charge in [0.1, 0.15) is 12.2 Å². The minimum Gasteiger partial charge on any atom is -0.449 e. The molecule has 7 nitrogen and oxygen atoms in total. The number of alkyl carbamates (subject to hydrolysis) is 2. The van der Waals surface area contributed by atoms with Crippen LogP contribution in [0.5, 0.6) is 0 Å². The van der Waals surface area contributed by atoms with Gasteiger partial charge in [-0.1, -0.05) is 44.2 Å². The molecule has 1 saturated heterocycles. The van der Waals surface area contributed by atoms with Crippen LogP contribution in [0.15, 0.2) is 30.3 Å². The SMILES string of the molecule is CC(C)(C)OC(=O)N[C@@H](c1ccccc1)[C@@H](O)[C@H]1NC(=O)OCC1(C)C. The number of hydrogen-bond donors (Lipinski definition) is 3. The molecule has 0 unspecified atom stereocenters. The monoisotopic (exact) mass is 364 g/mol. The van der Waals surface area contributed by atoms with Gasteiger partial charge in [-0.25, -0.2) is 9.59 Å². The number of amides is 2. The molecule has 1 heterocycles. The van der Waals surface area contributed by atoms with E-state index in [4.69, 9.17) is 9.47 Å². The Balaban J connectivity index is 2.28. The van der Waals surface area contributed by atoms with Gasteiger partial charge in [0.15, 0.2) is 0 Å². The fourth-order valence-corrected chi connectivity index (χ4v) is 2.91. The summed E-state index contributed by atoms with van der Waals surface area (Å²) in [7, 11) is 0. The Hall–Kier alpha value is -2.28. The maximum absolute atomic E-state index is 12.3. The Morgan fingerprint density at radius 3 is 2.54 bits per heavy atom. The van der Waals surface area contributed by atoms with Crippen molar-refractivity contribution in [1.29, 1.82) is 0 Å². The van der Waals surface area contributed by atoms with Gasteiger partial charge >= 0.3 is 12.2 Å². The molecule has 1 aliphatic heterocycles. The second-order valence-electron chi connectivity index (χ2n) is 8.21. The van der Waals surface area contributed by atoms with Crippen molar-refractivity contribution in [3.05, 3.63) is 35.9 Å². The van der Waals surface area contributed by atoms with Crippen LogP contribution in [-0.4, -0.2) is 41.6 Å². The smallest absolute Gasteiger partial charge is 0.408 e. The number of ether oxygens (including phenoxy) is 2. The van der Waals surface area contributed by atoms with Gasteiger partial charge in [0, 0.05) is 5.41 Å². The molecule has 0 saturated carbocycles. The van der Waals surface area contributed by atoms with Crippen LogP contribution in [0, 0.1) is 5.41 Å². The van der Waals surface area contributed by atoms with Gasteiger partial charge in [0.05, 0.1) is 18.2 Å². The van der Waals surface area contributed by atoms with E-state index in [9.17, 15) is 14.7 Å². The van der Waals surface area contributed by atoms with E-state index < -0.39 is 41.4 Å². The molecule has 2 rings (SSSR count). The van der Waals surface area contributed by atoms with Crippen molar-refractivity contribution in [1.82, 2.24) is 10.6 Å². The number of rotatable bonds is 4. The molecule has 26 heavy (non-hydrogen) atoms. The van der Waals surface area contributed by atoms with E-state index in [2.05, 4.69) is 10.6 Å². The van der Waals surface area contributed by atoms with E-state index in [0.717, 1.165) is 0 Å². The molecule has 0 bridgehead atoms. The molecule has 2 amide bonds. The summed E-state index contributed by atoms with van der Waals surface area (Å²) >= 11 is 0. The van der Waals surface area contributed by atoms with E-state index in [1.54, 1.807) is 32.9 Å². The first-order valence-corrected chi connectivity index (χ1v) is 8.65. The predicted octanol–water partition coefficient (Wildman–Crippen LogP) is 2.75. The quantitative estimate of drug-likeness (QED) is 0.763. The molecule has 1 fully saturated rings. The Morgan fingerprint density at radius 2 is 1.96 bits per heavy atom. The largest absolute Gasteiger partial charge is 0.449 e. The summed E-state index contributed by atoms with van der Waals surface area (Å²) in [6.45, 7) is 9.24. The van der Waals surface area contributed by atoms with Crippen molar-refractivity contribution in [2.75, 3.05) is 6.61 Å². The van der Waals surface area contributed by atoms with Gasteiger partial charge < -0.3 is 25.2 Å². The van der Waals surface area contributed by atoms with Crippen LogP contribution in [0.1, 0.15) is 46.2 Å². The van der Waals surface area contributed by atoms with Crippen molar-refractivity contribution in [3.63, 3.8) is 0 Å². The third-order valence-electron chi connectivity index (χ3n) is 4.20. The highest BCUT2D eigenvalue weighted by molar-refractivity contribution is 5.70. The highest BCUT2D eigenvalue weighted by Crippen LogP contribution is 2.32. The second kappa shape index (κ2) is 7.53. The molecule has 1 aromatic carbocycles. The zero-order chi connectivity index (χ0) is 19.5. The van der Waals surface area contributed by atoms with E-state index in [1.807, 2.05) is 32.0 Å². The fraction of sp³-hybridized carbons (Fsp3) is 0.579. The van der Waals surface area contributed by atoms with Crippen LogP contribution in [0.25, 0.3) is 0 Å². The Labute approximate surface area is 154 Å². The summed E-state index contributed by atoms with van der Waals surface area (Å²) < 4.78 is 10.4. The van der Waals surface area contributed by atoms with Crippen LogP contribution < -0.4 is 10.6 Å². The number of carbonyl (C=O) groups is 2. The van der Waals surface area contributed by atoms with Crippen LogP contribution in [0.2, 0.25) is 0 Å². The summed E-state index contributed by atoms with van der Waals surface area (Å²) in [5.41, 5.74) is -0.472. The minimum absolute atomic E-state index is 0.175. The third kappa shape index (κ3) is 5.11. The molecule has 144 valence electrons. The molecule has 7 heteroatoms. The van der Waals surface area contributed by atoms with E-state index in [1.165, 1.54) is 0 Å². The predicted molar refractivity (Wildman–Crippen MR) is 96.6 cm³/mol. The first-order valence-electron chi connectivity index (χ1n) is 8.65. The lowest BCUT2D eigenvalue weighted by atomic mass is 9.78. The topological polar surface area (TPSA) is 96.9 Å².